The molecule has 1 aromatic heterocycles. The molecule has 39 heavy (non-hydrogen) atoms. The third-order valence-electron chi connectivity index (χ3n) is 7.72. The molecule has 2 saturated heterocycles. The van der Waals surface area contributed by atoms with E-state index in [-0.39, 0.29) is 52.2 Å². The molecule has 12 nitrogen and oxygen atoms in total. The molecule has 2 aromatic rings. The summed E-state index contributed by atoms with van der Waals surface area (Å²) in [7, 11) is 1.29. The number of aryl methyl sites for hydroxylation is 1. The monoisotopic (exact) mass is 540 g/mol. The van der Waals surface area contributed by atoms with E-state index in [2.05, 4.69) is 15.4 Å². The predicted molar refractivity (Wildman–Crippen MR) is 133 cm³/mol. The normalized spacial score (nSPS) is 20.8. The van der Waals surface area contributed by atoms with E-state index in [9.17, 15) is 23.6 Å². The Balaban J connectivity index is 1.46. The van der Waals surface area contributed by atoms with Gasteiger partial charge in [-0.3, -0.25) is 14.4 Å². The number of hydrogen-bond acceptors (Lipinski definition) is 8. The number of nitrogens with one attached hydrogen (secondary N) is 1. The first-order valence-corrected chi connectivity index (χ1v) is 12.7. The largest absolute Gasteiger partial charge is 0.453 e. The summed E-state index contributed by atoms with van der Waals surface area (Å²) in [5.74, 6) is -3.43. The van der Waals surface area contributed by atoms with Crippen LogP contribution in [-0.4, -0.2) is 88.2 Å². The number of likely N-dealkylation sites (tertiary alicyclic amines) is 1. The van der Waals surface area contributed by atoms with Crippen molar-refractivity contribution in [2.45, 2.75) is 26.3 Å². The third-order valence-corrected chi connectivity index (χ3v) is 7.72. The van der Waals surface area contributed by atoms with Crippen LogP contribution in [0, 0.1) is 24.1 Å². The Hall–Kier alpha value is -4.13. The predicted octanol–water partition coefficient (Wildman–Crippen LogP) is 1.12. The van der Waals surface area contributed by atoms with Crippen LogP contribution in [0.1, 0.15) is 24.2 Å². The van der Waals surface area contributed by atoms with E-state index < -0.39 is 40.8 Å². The Morgan fingerprint density at radius 3 is 2.69 bits per heavy atom. The number of benzene rings is 1. The first kappa shape index (κ1) is 26.5. The lowest BCUT2D eigenvalue weighted by Crippen LogP contribution is -2.62. The number of fused-ring (bicyclic) bond motifs is 2. The van der Waals surface area contributed by atoms with E-state index in [1.165, 1.54) is 46.1 Å². The topological polar surface area (TPSA) is 136 Å². The van der Waals surface area contributed by atoms with Gasteiger partial charge in [-0.2, -0.15) is 5.10 Å². The number of ketones is 1. The Labute approximate surface area is 223 Å². The Kier molecular flexibility index (Phi) is 7.17. The number of ether oxygens (including phenoxy) is 2. The molecule has 0 bridgehead atoms. The van der Waals surface area contributed by atoms with Crippen LogP contribution in [0.15, 0.2) is 36.3 Å². The van der Waals surface area contributed by atoms with Gasteiger partial charge in [-0.1, -0.05) is 6.07 Å². The molecule has 206 valence electrons. The van der Waals surface area contributed by atoms with Gasteiger partial charge in [0.1, 0.15) is 23.9 Å². The Morgan fingerprint density at radius 2 is 2.00 bits per heavy atom. The van der Waals surface area contributed by atoms with Crippen LogP contribution in [0.5, 0.6) is 0 Å². The number of nitrogens with zero attached hydrogens (tertiary/aromatic N) is 5. The molecule has 13 heteroatoms. The average Bonchev–Trinajstić information content (AvgIpc) is 3.20. The molecule has 2 fully saturated rings. The van der Waals surface area contributed by atoms with Crippen molar-refractivity contribution in [2.75, 3.05) is 40.0 Å². The number of aromatic nitrogens is 3. The molecule has 0 saturated carbocycles. The quantitative estimate of drug-likeness (QED) is 0.450. The fraction of sp³-hybridized carbons (Fsp3) is 0.462. The van der Waals surface area contributed by atoms with Crippen molar-refractivity contribution in [3.05, 3.63) is 53.5 Å². The molecule has 1 spiro atoms. The lowest BCUT2D eigenvalue weighted by molar-refractivity contribution is -0.158. The van der Waals surface area contributed by atoms with Crippen molar-refractivity contribution in [3.63, 3.8) is 0 Å². The van der Waals surface area contributed by atoms with Gasteiger partial charge in [0, 0.05) is 37.3 Å². The molecular weight excluding hydrogens is 511 g/mol. The highest BCUT2D eigenvalue weighted by molar-refractivity contribution is 6.42. The maximum absolute atomic E-state index is 14.1. The Morgan fingerprint density at radius 1 is 1.23 bits per heavy atom. The van der Waals surface area contributed by atoms with Gasteiger partial charge in [-0.15, -0.1) is 0 Å². The highest BCUT2D eigenvalue weighted by Crippen LogP contribution is 2.50. The summed E-state index contributed by atoms with van der Waals surface area (Å²) in [6, 6.07) is 4.08. The van der Waals surface area contributed by atoms with E-state index in [1.54, 1.807) is 13.0 Å². The van der Waals surface area contributed by atoms with Crippen molar-refractivity contribution in [2.24, 2.45) is 11.3 Å². The van der Waals surface area contributed by atoms with Crippen LogP contribution in [-0.2, 0) is 30.4 Å². The molecule has 0 aliphatic carbocycles. The minimum atomic E-state index is -1.30. The number of rotatable bonds is 4. The smallest absolute Gasteiger partial charge is 0.409 e. The molecular formula is C26H29FN6O6. The van der Waals surface area contributed by atoms with Crippen molar-refractivity contribution < 1.29 is 33.0 Å². The minimum absolute atomic E-state index is 0.0397. The first-order chi connectivity index (χ1) is 18.8. The summed E-state index contributed by atoms with van der Waals surface area (Å²) in [6.07, 6.45) is 3.17. The van der Waals surface area contributed by atoms with Gasteiger partial charge in [-0.05, 0) is 43.5 Å². The van der Waals surface area contributed by atoms with Crippen molar-refractivity contribution in [1.82, 2.24) is 29.9 Å². The molecule has 1 N–H and O–H groups in total. The summed E-state index contributed by atoms with van der Waals surface area (Å²) in [5.41, 5.74) is 0.509. The first-order valence-electron chi connectivity index (χ1n) is 12.7. The lowest BCUT2D eigenvalue weighted by atomic mass is 9.61. The molecule has 4 heterocycles. The second-order valence-electron chi connectivity index (χ2n) is 9.74. The zero-order valence-corrected chi connectivity index (χ0v) is 21.7. The number of methoxy groups -OCH3 is 1. The van der Waals surface area contributed by atoms with Crippen molar-refractivity contribution in [3.8, 4) is 5.69 Å². The lowest BCUT2D eigenvalue weighted by Gasteiger charge is -2.51. The SMILES string of the molecule is COC(=O)N1CCC2(CC1)C1=CCOCCN1C(=O)C(=O)C2C(=O)NCc1ccc(F)cc1-n1ncnc1C. The molecule has 3 aliphatic rings. The van der Waals surface area contributed by atoms with Gasteiger partial charge < -0.3 is 24.6 Å². The molecule has 3 aliphatic heterocycles. The summed E-state index contributed by atoms with van der Waals surface area (Å²) in [4.78, 5) is 59.7. The molecule has 1 aromatic carbocycles. The van der Waals surface area contributed by atoms with Crippen LogP contribution in [0.2, 0.25) is 0 Å². The summed E-state index contributed by atoms with van der Waals surface area (Å²) in [6.45, 7) is 2.86. The maximum Gasteiger partial charge on any atom is 0.409 e. The van der Waals surface area contributed by atoms with E-state index in [0.29, 0.717) is 22.8 Å². The van der Waals surface area contributed by atoms with Crippen LogP contribution in [0.25, 0.3) is 5.69 Å². The third kappa shape index (κ3) is 4.67. The average molecular weight is 541 g/mol. The van der Waals surface area contributed by atoms with Gasteiger partial charge in [0.05, 0.1) is 26.0 Å². The minimum Gasteiger partial charge on any atom is -0.453 e. The number of halogens is 1. The van der Waals surface area contributed by atoms with E-state index in [1.807, 2.05) is 0 Å². The van der Waals surface area contributed by atoms with E-state index in [0.717, 1.165) is 0 Å². The van der Waals surface area contributed by atoms with Gasteiger partial charge in [0.25, 0.3) is 5.91 Å². The van der Waals surface area contributed by atoms with Gasteiger partial charge in [-0.25, -0.2) is 18.9 Å². The van der Waals surface area contributed by atoms with Crippen LogP contribution in [0.3, 0.4) is 0 Å². The fourth-order valence-electron chi connectivity index (χ4n) is 5.78. The second kappa shape index (κ2) is 10.6. The fourth-order valence-corrected chi connectivity index (χ4v) is 5.78. The number of allylic oxidation sites excluding steroid dienone is 1. The number of amides is 3. The Bertz CT molecular complexity index is 1350. The number of piperidine rings is 2. The number of Topliss-reactive ketones (excluding diaryl/α,β-unsaturated/α-hetero) is 1. The zero-order chi connectivity index (χ0) is 27.7. The van der Waals surface area contributed by atoms with Crippen molar-refractivity contribution in [1.29, 1.82) is 0 Å². The van der Waals surface area contributed by atoms with Crippen LogP contribution < -0.4 is 5.32 Å². The second-order valence-corrected chi connectivity index (χ2v) is 9.74. The molecule has 1 unspecified atom stereocenters. The summed E-state index contributed by atoms with van der Waals surface area (Å²) in [5, 5.41) is 6.95. The van der Waals surface area contributed by atoms with Gasteiger partial charge >= 0.3 is 6.09 Å². The van der Waals surface area contributed by atoms with Gasteiger partial charge in [0.2, 0.25) is 11.7 Å². The van der Waals surface area contributed by atoms with Crippen molar-refractivity contribution >= 4 is 23.7 Å². The van der Waals surface area contributed by atoms with E-state index >= 15 is 0 Å². The molecule has 5 rings (SSSR count). The van der Waals surface area contributed by atoms with Gasteiger partial charge in [0.15, 0.2) is 0 Å². The summed E-state index contributed by atoms with van der Waals surface area (Å²) >= 11 is 0. The molecule has 3 amide bonds. The molecule has 1 atom stereocenters. The van der Waals surface area contributed by atoms with E-state index in [4.69, 9.17) is 9.47 Å². The molecule has 0 radical (unpaired) electrons. The maximum atomic E-state index is 14.1. The van der Waals surface area contributed by atoms with Crippen LogP contribution in [0.4, 0.5) is 9.18 Å². The highest BCUT2D eigenvalue weighted by atomic mass is 19.1. The number of carbonyl (C=O) groups excluding carboxylic acids is 4. The summed E-state index contributed by atoms with van der Waals surface area (Å²) < 4.78 is 26.0. The standard InChI is InChI=1S/C26H29FN6O6/c1-16-29-15-30-33(16)19-13-18(27)4-3-17(19)14-28-23(35)21-22(34)24(36)32-10-12-39-11-5-20(32)26(21)6-8-31(9-7-26)25(37)38-2/h3-5,13,15,21H,6-12,14H2,1-2H3,(H,28,35). The number of carbonyl (C=O) groups is 4. The highest BCUT2D eigenvalue weighted by Gasteiger charge is 2.59. The zero-order valence-electron chi connectivity index (χ0n) is 21.7. The number of hydrogen-bond donors (Lipinski definition) is 1. The van der Waals surface area contributed by atoms with Crippen LogP contribution >= 0.6 is 0 Å².